The topological polar surface area (TPSA) is 64.1 Å². The highest BCUT2D eigenvalue weighted by Gasteiger charge is 2.53. The number of aliphatic hydroxyl groups excluding tert-OH is 1. The smallest absolute Gasteiger partial charge is 0.226 e. The molecule has 2 aliphatic heterocycles. The molecule has 222 valence electrons. The minimum Gasteiger partial charge on any atom is -0.393 e. The molecule has 1 N–H and O–H groups in total. The van der Waals surface area contributed by atoms with Crippen molar-refractivity contribution in [1.82, 2.24) is 14.7 Å². The number of carbonyl (C=O) groups excluding carboxylic acids is 2. The Morgan fingerprint density at radius 1 is 1.07 bits per heavy atom. The van der Waals surface area contributed by atoms with Crippen LogP contribution in [0, 0.1) is 23.7 Å². The average molecular weight is 552 g/mol. The van der Waals surface area contributed by atoms with Gasteiger partial charge in [-0.25, -0.2) is 0 Å². The largest absolute Gasteiger partial charge is 0.393 e. The predicted octanol–water partition coefficient (Wildman–Crippen LogP) is 5.44. The van der Waals surface area contributed by atoms with Gasteiger partial charge in [0, 0.05) is 43.1 Å². The second kappa shape index (κ2) is 12.1. The van der Waals surface area contributed by atoms with Gasteiger partial charge < -0.3 is 14.9 Å². The van der Waals surface area contributed by atoms with Crippen molar-refractivity contribution in [2.75, 3.05) is 33.2 Å². The van der Waals surface area contributed by atoms with Gasteiger partial charge in [-0.15, -0.1) is 0 Å². The van der Waals surface area contributed by atoms with Crippen molar-refractivity contribution in [2.24, 2.45) is 23.7 Å². The minimum atomic E-state index is -0.314. The fraction of sp³-hybridized carbons (Fsp3) is 0.765. The average Bonchev–Trinajstić information content (AvgIpc) is 2.94. The Balaban J connectivity index is 1.31. The van der Waals surface area contributed by atoms with Crippen molar-refractivity contribution in [3.05, 3.63) is 35.9 Å². The Labute approximate surface area is 242 Å². The van der Waals surface area contributed by atoms with Crippen LogP contribution in [-0.4, -0.2) is 76.5 Å². The Bertz CT molecular complexity index is 1020. The van der Waals surface area contributed by atoms with Crippen LogP contribution in [0.3, 0.4) is 0 Å². The second-order valence-electron chi connectivity index (χ2n) is 13.9. The second-order valence-corrected chi connectivity index (χ2v) is 13.9. The number of hydrogen-bond acceptors (Lipinski definition) is 4. The molecule has 4 atom stereocenters. The van der Waals surface area contributed by atoms with Gasteiger partial charge in [-0.2, -0.15) is 0 Å². The summed E-state index contributed by atoms with van der Waals surface area (Å²) in [6, 6.07) is 11.0. The molecule has 6 heteroatoms. The maximum Gasteiger partial charge on any atom is 0.226 e. The van der Waals surface area contributed by atoms with Gasteiger partial charge in [0.1, 0.15) is 0 Å². The third kappa shape index (κ3) is 5.60. The Hall–Kier alpha value is -1.92. The van der Waals surface area contributed by atoms with Crippen molar-refractivity contribution >= 4 is 11.8 Å². The van der Waals surface area contributed by atoms with Crippen LogP contribution in [0.5, 0.6) is 0 Å². The molecule has 2 saturated heterocycles. The number of carbonyl (C=O) groups is 2. The van der Waals surface area contributed by atoms with Gasteiger partial charge >= 0.3 is 0 Å². The van der Waals surface area contributed by atoms with E-state index in [1.807, 2.05) is 11.8 Å². The molecule has 2 saturated carbocycles. The Morgan fingerprint density at radius 3 is 2.38 bits per heavy atom. The van der Waals surface area contributed by atoms with E-state index in [1.165, 1.54) is 24.8 Å². The van der Waals surface area contributed by atoms with E-state index in [1.54, 1.807) is 0 Å². The van der Waals surface area contributed by atoms with E-state index in [0.717, 1.165) is 51.6 Å². The molecule has 1 aromatic rings. The van der Waals surface area contributed by atoms with E-state index in [4.69, 9.17) is 0 Å². The molecule has 1 spiro atoms. The van der Waals surface area contributed by atoms with Gasteiger partial charge in [-0.05, 0) is 94.7 Å². The van der Waals surface area contributed by atoms with Crippen LogP contribution in [0.25, 0.3) is 0 Å². The third-order valence-corrected chi connectivity index (χ3v) is 11.7. The molecule has 2 amide bonds. The van der Waals surface area contributed by atoms with E-state index in [2.05, 4.69) is 61.0 Å². The van der Waals surface area contributed by atoms with Gasteiger partial charge in [0.15, 0.2) is 0 Å². The van der Waals surface area contributed by atoms with Crippen molar-refractivity contribution in [2.45, 2.75) is 109 Å². The lowest BCUT2D eigenvalue weighted by Gasteiger charge is -2.58. The first-order valence-corrected chi connectivity index (χ1v) is 16.2. The zero-order chi connectivity index (χ0) is 28.5. The number of aliphatic hydroxyl groups is 1. The lowest BCUT2D eigenvalue weighted by Crippen LogP contribution is -2.63. The van der Waals surface area contributed by atoms with E-state index < -0.39 is 0 Å². The maximum atomic E-state index is 14.3. The number of nitrogens with zero attached hydrogens (tertiary/aromatic N) is 3. The zero-order valence-electron chi connectivity index (χ0n) is 25.5. The monoisotopic (exact) mass is 551 g/mol. The Morgan fingerprint density at radius 2 is 1.77 bits per heavy atom. The first kappa shape index (κ1) is 29.6. The summed E-state index contributed by atoms with van der Waals surface area (Å²) in [6.45, 7) is 9.56. The van der Waals surface area contributed by atoms with Crippen molar-refractivity contribution in [3.8, 4) is 0 Å². The Kier molecular flexibility index (Phi) is 8.97. The summed E-state index contributed by atoms with van der Waals surface area (Å²) >= 11 is 0. The quantitative estimate of drug-likeness (QED) is 0.467. The summed E-state index contributed by atoms with van der Waals surface area (Å²) in [5.41, 5.74) is 1.40. The molecule has 2 unspecified atom stereocenters. The molecular weight excluding hydrogens is 498 g/mol. The van der Waals surface area contributed by atoms with E-state index >= 15 is 0 Å². The number of amides is 2. The molecule has 0 bridgehead atoms. The molecule has 6 nitrogen and oxygen atoms in total. The van der Waals surface area contributed by atoms with Crippen LogP contribution in [0.15, 0.2) is 30.3 Å². The van der Waals surface area contributed by atoms with E-state index in [-0.39, 0.29) is 40.8 Å². The van der Waals surface area contributed by atoms with Crippen LogP contribution in [0.4, 0.5) is 0 Å². The molecule has 1 aromatic carbocycles. The summed E-state index contributed by atoms with van der Waals surface area (Å²) < 4.78 is 0. The molecule has 4 fully saturated rings. The highest BCUT2D eigenvalue weighted by molar-refractivity contribution is 5.83. The van der Waals surface area contributed by atoms with Crippen LogP contribution in [-0.2, 0) is 15.1 Å². The first-order chi connectivity index (χ1) is 19.2. The lowest BCUT2D eigenvalue weighted by molar-refractivity contribution is -0.158. The molecule has 4 aliphatic rings. The molecule has 40 heavy (non-hydrogen) atoms. The number of benzene rings is 1. The normalized spacial score (nSPS) is 34.2. The van der Waals surface area contributed by atoms with Gasteiger partial charge in [0.2, 0.25) is 11.8 Å². The zero-order valence-corrected chi connectivity index (χ0v) is 25.5. The van der Waals surface area contributed by atoms with Gasteiger partial charge in [-0.1, -0.05) is 57.5 Å². The number of rotatable bonds is 8. The highest BCUT2D eigenvalue weighted by atomic mass is 16.3. The first-order valence-electron chi connectivity index (χ1n) is 16.2. The number of piperidine rings is 2. The summed E-state index contributed by atoms with van der Waals surface area (Å²) in [4.78, 5) is 34.4. The van der Waals surface area contributed by atoms with Crippen molar-refractivity contribution < 1.29 is 14.7 Å². The van der Waals surface area contributed by atoms with Crippen LogP contribution < -0.4 is 0 Å². The van der Waals surface area contributed by atoms with Gasteiger partial charge in [0.05, 0.1) is 6.10 Å². The summed E-state index contributed by atoms with van der Waals surface area (Å²) in [7, 11) is 2.27. The van der Waals surface area contributed by atoms with Crippen LogP contribution in [0.1, 0.15) is 97.0 Å². The summed E-state index contributed by atoms with van der Waals surface area (Å²) in [5.74, 6) is 1.19. The standard InChI is InChI=1S/C34H53N3O3/c1-5-35(4)34(28-12-7-6-8-13-28)19-17-33(18-20-34)16-14-29(32(40)37(33)24-27-10-9-11-27)25(2)22-31(39)36-21-15-30(38)26(3)23-36/h6-8,12-13,25-27,29-30,38H,5,9-11,14-24H2,1-4H3/t25?,26-,29?,30-,33?,34?/m0/s1. The third-order valence-electron chi connectivity index (χ3n) is 11.7. The van der Waals surface area contributed by atoms with E-state index in [9.17, 15) is 14.7 Å². The molecule has 0 radical (unpaired) electrons. The highest BCUT2D eigenvalue weighted by Crippen LogP contribution is 2.52. The van der Waals surface area contributed by atoms with Crippen LogP contribution >= 0.6 is 0 Å². The predicted molar refractivity (Wildman–Crippen MR) is 160 cm³/mol. The fourth-order valence-electron chi connectivity index (χ4n) is 8.36. The summed E-state index contributed by atoms with van der Waals surface area (Å²) in [5, 5.41) is 10.1. The van der Waals surface area contributed by atoms with Crippen molar-refractivity contribution in [1.29, 1.82) is 0 Å². The molecule has 2 aliphatic carbocycles. The SMILES string of the molecule is CCN(C)C1(c2ccccc2)CCC2(CCC(C(C)CC(=O)N3CC[C@H](O)[C@@H](C)C3)C(=O)N2CC2CCC2)CC1. The fourth-order valence-corrected chi connectivity index (χ4v) is 8.36. The maximum absolute atomic E-state index is 14.3. The molecule has 0 aromatic heterocycles. The summed E-state index contributed by atoms with van der Waals surface area (Å²) in [6.07, 6.45) is 10.8. The van der Waals surface area contributed by atoms with Gasteiger partial charge in [0.25, 0.3) is 0 Å². The van der Waals surface area contributed by atoms with E-state index in [0.29, 0.717) is 37.8 Å². The van der Waals surface area contributed by atoms with Crippen molar-refractivity contribution in [3.63, 3.8) is 0 Å². The number of likely N-dealkylation sites (tertiary alicyclic amines) is 2. The minimum absolute atomic E-state index is 0.0299. The lowest BCUT2D eigenvalue weighted by atomic mass is 9.63. The van der Waals surface area contributed by atoms with Crippen LogP contribution in [0.2, 0.25) is 0 Å². The number of hydrogen-bond donors (Lipinski definition) is 1. The molecule has 2 heterocycles. The van der Waals surface area contributed by atoms with Gasteiger partial charge in [-0.3, -0.25) is 14.5 Å². The molecular formula is C34H53N3O3. The molecule has 5 rings (SSSR count).